The standard InChI is InChI=1S/C15H15Cl2NO3/c16-12-4-5-13(17)11(7-12)3-6-14(19)18-8-15(20)21-9-10-1-2-10/h3-7,10H,1-2,8-9H2,(H,18,19)/b6-3+. The van der Waals surface area contributed by atoms with Crippen LogP contribution < -0.4 is 5.32 Å². The van der Waals surface area contributed by atoms with Crippen molar-refractivity contribution in [1.29, 1.82) is 0 Å². The highest BCUT2D eigenvalue weighted by molar-refractivity contribution is 6.34. The lowest BCUT2D eigenvalue weighted by atomic mass is 10.2. The van der Waals surface area contributed by atoms with E-state index in [1.165, 1.54) is 6.08 Å². The quantitative estimate of drug-likeness (QED) is 0.645. The van der Waals surface area contributed by atoms with Crippen LogP contribution in [0.15, 0.2) is 24.3 Å². The van der Waals surface area contributed by atoms with Crippen molar-refractivity contribution < 1.29 is 14.3 Å². The fraction of sp³-hybridized carbons (Fsp3) is 0.333. The molecule has 1 aromatic rings. The van der Waals surface area contributed by atoms with Gasteiger partial charge in [0.25, 0.3) is 0 Å². The van der Waals surface area contributed by atoms with Gasteiger partial charge >= 0.3 is 5.97 Å². The average molecular weight is 328 g/mol. The Morgan fingerprint density at radius 1 is 1.33 bits per heavy atom. The monoisotopic (exact) mass is 327 g/mol. The van der Waals surface area contributed by atoms with Gasteiger partial charge in [0.2, 0.25) is 5.91 Å². The van der Waals surface area contributed by atoms with E-state index in [-0.39, 0.29) is 6.54 Å². The number of benzene rings is 1. The van der Waals surface area contributed by atoms with Crippen LogP contribution in [0.2, 0.25) is 10.0 Å². The molecule has 1 fully saturated rings. The minimum atomic E-state index is -0.426. The number of carbonyl (C=O) groups is 2. The Labute approximate surface area is 133 Å². The summed E-state index contributed by atoms with van der Waals surface area (Å²) in [5.41, 5.74) is 0.635. The second-order valence-corrected chi connectivity index (χ2v) is 5.69. The van der Waals surface area contributed by atoms with E-state index in [4.69, 9.17) is 27.9 Å². The smallest absolute Gasteiger partial charge is 0.325 e. The highest BCUT2D eigenvalue weighted by Gasteiger charge is 2.22. The highest BCUT2D eigenvalue weighted by Crippen LogP contribution is 2.28. The normalized spacial score (nSPS) is 14.2. The van der Waals surface area contributed by atoms with Crippen molar-refractivity contribution in [3.05, 3.63) is 39.9 Å². The summed E-state index contributed by atoms with van der Waals surface area (Å²) in [6.45, 7) is 0.307. The maximum Gasteiger partial charge on any atom is 0.325 e. The number of rotatable bonds is 6. The van der Waals surface area contributed by atoms with E-state index in [2.05, 4.69) is 5.32 Å². The third-order valence-corrected chi connectivity index (χ3v) is 3.54. The number of esters is 1. The summed E-state index contributed by atoms with van der Waals surface area (Å²) in [6.07, 6.45) is 5.07. The largest absolute Gasteiger partial charge is 0.464 e. The van der Waals surface area contributed by atoms with E-state index in [0.717, 1.165) is 12.8 Å². The number of carbonyl (C=O) groups excluding carboxylic acids is 2. The molecule has 1 aliphatic rings. The molecule has 1 N–H and O–H groups in total. The van der Waals surface area contributed by atoms with Gasteiger partial charge in [-0.1, -0.05) is 23.2 Å². The van der Waals surface area contributed by atoms with Gasteiger partial charge in [0.15, 0.2) is 0 Å². The molecule has 1 saturated carbocycles. The molecule has 21 heavy (non-hydrogen) atoms. The second kappa shape index (κ2) is 7.48. The molecule has 0 heterocycles. The topological polar surface area (TPSA) is 55.4 Å². The summed E-state index contributed by atoms with van der Waals surface area (Å²) in [5.74, 6) is -0.312. The van der Waals surface area contributed by atoms with Crippen LogP contribution in [-0.4, -0.2) is 25.0 Å². The van der Waals surface area contributed by atoms with Gasteiger partial charge in [0.1, 0.15) is 6.54 Å². The zero-order chi connectivity index (χ0) is 15.2. The minimum Gasteiger partial charge on any atom is -0.464 e. The first-order chi connectivity index (χ1) is 10.0. The van der Waals surface area contributed by atoms with E-state index in [0.29, 0.717) is 28.1 Å². The van der Waals surface area contributed by atoms with E-state index in [1.54, 1.807) is 24.3 Å². The van der Waals surface area contributed by atoms with Crippen LogP contribution in [0.4, 0.5) is 0 Å². The zero-order valence-corrected chi connectivity index (χ0v) is 12.8. The van der Waals surface area contributed by atoms with Gasteiger partial charge in [0, 0.05) is 16.1 Å². The molecule has 1 aromatic carbocycles. The first-order valence-corrected chi connectivity index (χ1v) is 7.37. The van der Waals surface area contributed by atoms with Gasteiger partial charge in [0.05, 0.1) is 6.61 Å². The Morgan fingerprint density at radius 2 is 2.10 bits per heavy atom. The lowest BCUT2D eigenvalue weighted by Crippen LogP contribution is -2.29. The molecule has 0 atom stereocenters. The predicted molar refractivity (Wildman–Crippen MR) is 82.2 cm³/mol. The molecule has 2 rings (SSSR count). The minimum absolute atomic E-state index is 0.140. The molecule has 0 aromatic heterocycles. The highest BCUT2D eigenvalue weighted by atomic mass is 35.5. The maximum absolute atomic E-state index is 11.6. The van der Waals surface area contributed by atoms with Crippen LogP contribution in [0.25, 0.3) is 6.08 Å². The lowest BCUT2D eigenvalue weighted by Gasteiger charge is -2.04. The molecule has 0 unspecified atom stereocenters. The van der Waals surface area contributed by atoms with Crippen LogP contribution >= 0.6 is 23.2 Å². The van der Waals surface area contributed by atoms with E-state index >= 15 is 0 Å². The Morgan fingerprint density at radius 3 is 2.81 bits per heavy atom. The summed E-state index contributed by atoms with van der Waals surface area (Å²) in [4.78, 5) is 22.9. The molecule has 0 aliphatic heterocycles. The maximum atomic E-state index is 11.6. The first kappa shape index (κ1) is 15.9. The van der Waals surface area contributed by atoms with Crippen LogP contribution in [0.1, 0.15) is 18.4 Å². The SMILES string of the molecule is O=C(/C=C/c1cc(Cl)ccc1Cl)NCC(=O)OCC1CC1. The van der Waals surface area contributed by atoms with Gasteiger partial charge in [-0.05, 0) is 48.6 Å². The van der Waals surface area contributed by atoms with Gasteiger partial charge in [-0.2, -0.15) is 0 Å². The average Bonchev–Trinajstić information content (AvgIpc) is 3.28. The van der Waals surface area contributed by atoms with Crippen LogP contribution in [-0.2, 0) is 14.3 Å². The van der Waals surface area contributed by atoms with Crippen molar-refractivity contribution in [1.82, 2.24) is 5.32 Å². The summed E-state index contributed by atoms with van der Waals surface area (Å²) in [7, 11) is 0. The van der Waals surface area contributed by atoms with Crippen molar-refractivity contribution in [3.63, 3.8) is 0 Å². The number of amides is 1. The van der Waals surface area contributed by atoms with Crippen LogP contribution in [0.5, 0.6) is 0 Å². The Kier molecular flexibility index (Phi) is 5.65. The summed E-state index contributed by atoms with van der Waals surface area (Å²) < 4.78 is 5.00. The van der Waals surface area contributed by atoms with Crippen molar-refractivity contribution in [2.75, 3.05) is 13.2 Å². The number of hydrogen-bond acceptors (Lipinski definition) is 3. The van der Waals surface area contributed by atoms with Crippen molar-refractivity contribution in [2.45, 2.75) is 12.8 Å². The second-order valence-electron chi connectivity index (χ2n) is 4.84. The number of ether oxygens (including phenoxy) is 1. The summed E-state index contributed by atoms with van der Waals surface area (Å²) in [6, 6.07) is 4.96. The van der Waals surface area contributed by atoms with E-state index in [9.17, 15) is 9.59 Å². The third-order valence-electron chi connectivity index (χ3n) is 2.96. The predicted octanol–water partition coefficient (Wildman–Crippen LogP) is 3.08. The molecule has 0 spiro atoms. The molecule has 1 amide bonds. The van der Waals surface area contributed by atoms with Crippen LogP contribution in [0.3, 0.4) is 0 Å². The third kappa shape index (κ3) is 5.78. The fourth-order valence-corrected chi connectivity index (χ4v) is 1.93. The van der Waals surface area contributed by atoms with Gasteiger partial charge in [-0.15, -0.1) is 0 Å². The number of halogens is 2. The number of nitrogens with one attached hydrogen (secondary N) is 1. The zero-order valence-electron chi connectivity index (χ0n) is 11.3. The number of hydrogen-bond donors (Lipinski definition) is 1. The van der Waals surface area contributed by atoms with Crippen molar-refractivity contribution >= 4 is 41.2 Å². The van der Waals surface area contributed by atoms with E-state index in [1.807, 2.05) is 0 Å². The molecule has 112 valence electrons. The summed E-state index contributed by atoms with van der Waals surface area (Å²) in [5, 5.41) is 3.48. The Balaban J connectivity index is 1.76. The van der Waals surface area contributed by atoms with Crippen LogP contribution in [0, 0.1) is 5.92 Å². The lowest BCUT2D eigenvalue weighted by molar-refractivity contribution is -0.144. The van der Waals surface area contributed by atoms with Gasteiger partial charge in [-0.3, -0.25) is 9.59 Å². The molecular weight excluding hydrogens is 313 g/mol. The Bertz CT molecular complexity index is 568. The van der Waals surface area contributed by atoms with Crippen molar-refractivity contribution in [3.8, 4) is 0 Å². The Hall–Kier alpha value is -1.52. The van der Waals surface area contributed by atoms with Gasteiger partial charge in [-0.25, -0.2) is 0 Å². The van der Waals surface area contributed by atoms with E-state index < -0.39 is 11.9 Å². The molecule has 0 saturated heterocycles. The molecule has 6 heteroatoms. The molecule has 0 bridgehead atoms. The molecule has 0 radical (unpaired) electrons. The molecular formula is C15H15Cl2NO3. The molecule has 1 aliphatic carbocycles. The summed E-state index contributed by atoms with van der Waals surface area (Å²) >= 11 is 11.8. The fourth-order valence-electron chi connectivity index (χ4n) is 1.57. The molecule has 4 nitrogen and oxygen atoms in total. The first-order valence-electron chi connectivity index (χ1n) is 6.61. The van der Waals surface area contributed by atoms with Gasteiger partial charge < -0.3 is 10.1 Å². The van der Waals surface area contributed by atoms with Crippen molar-refractivity contribution in [2.24, 2.45) is 5.92 Å².